The second-order valence-electron chi connectivity index (χ2n) is 29.3. The maximum Gasteiger partial charge on any atom is 0.472 e. The van der Waals surface area contributed by atoms with Gasteiger partial charge in [0.25, 0.3) is 0 Å². The highest BCUT2D eigenvalue weighted by Gasteiger charge is 2.29. The van der Waals surface area contributed by atoms with Crippen LogP contribution in [-0.4, -0.2) is 95.9 Å². The maximum absolute atomic E-state index is 13.0. The van der Waals surface area contributed by atoms with Crippen molar-refractivity contribution >= 4 is 33.6 Å². The van der Waals surface area contributed by atoms with Gasteiger partial charge in [0.15, 0.2) is 6.10 Å². The Balaban J connectivity index is 4.53. The van der Waals surface area contributed by atoms with Crippen molar-refractivity contribution in [3.8, 4) is 0 Å². The van der Waals surface area contributed by atoms with Gasteiger partial charge in [-0.1, -0.05) is 351 Å². The van der Waals surface area contributed by atoms with E-state index < -0.39 is 91.5 Å². The number of hydrogen-bond acceptors (Lipinski definition) is 14. The molecule has 0 aliphatic carbocycles. The average Bonchev–Trinajstić information content (AvgIpc) is 0.899. The molecule has 0 amide bonds. The predicted octanol–water partition coefficient (Wildman–Crippen LogP) is 27.1. The molecule has 5 atom stereocenters. The molecular weight excluding hydrogens is 1460 g/mol. The lowest BCUT2D eigenvalue weighted by atomic mass is 10.0. The number of allylic oxidation sites excluding steroid dienone is 28. The normalized spacial score (nSPS) is 14.6. The van der Waals surface area contributed by atoms with E-state index in [2.05, 4.69) is 191 Å². The van der Waals surface area contributed by atoms with Crippen LogP contribution in [0.15, 0.2) is 170 Å². The Labute approximate surface area is 688 Å². The summed E-state index contributed by atoms with van der Waals surface area (Å²) in [5.74, 6) is -1.62. The summed E-state index contributed by atoms with van der Waals surface area (Å²) in [6, 6.07) is 0. The van der Waals surface area contributed by atoms with Crippen LogP contribution in [0, 0.1) is 0 Å². The van der Waals surface area contributed by atoms with E-state index in [0.717, 1.165) is 173 Å². The van der Waals surface area contributed by atoms with E-state index in [9.17, 15) is 43.5 Å². The van der Waals surface area contributed by atoms with Gasteiger partial charge in [-0.15, -0.1) is 0 Å². The third-order valence-corrected chi connectivity index (χ3v) is 20.3. The number of aliphatic hydroxyl groups excluding tert-OH is 2. The summed E-state index contributed by atoms with van der Waals surface area (Å²) in [4.78, 5) is 58.9. The number of esters is 3. The summed E-state index contributed by atoms with van der Waals surface area (Å²) in [5, 5.41) is 20.7. The van der Waals surface area contributed by atoms with E-state index >= 15 is 0 Å². The molecule has 0 saturated carbocycles. The van der Waals surface area contributed by atoms with E-state index in [1.165, 1.54) is 122 Å². The van der Waals surface area contributed by atoms with Crippen LogP contribution in [0.3, 0.4) is 0 Å². The first-order chi connectivity index (χ1) is 55.2. The first-order valence-corrected chi connectivity index (χ1v) is 47.4. The molecule has 0 fully saturated rings. The largest absolute Gasteiger partial charge is 0.472 e. The molecule has 5 unspecified atom stereocenters. The number of ether oxygens (including phenoxy) is 3. The third kappa shape index (κ3) is 87.6. The fourth-order valence-electron chi connectivity index (χ4n) is 11.7. The van der Waals surface area contributed by atoms with Crippen molar-refractivity contribution in [1.82, 2.24) is 0 Å². The lowest BCUT2D eigenvalue weighted by molar-refractivity contribution is -0.161. The topological polar surface area (TPSA) is 231 Å². The molecule has 0 aliphatic heterocycles. The summed E-state index contributed by atoms with van der Waals surface area (Å²) in [6.07, 6.45) is 111. The number of carbonyl (C=O) groups is 3. The fourth-order valence-corrected chi connectivity index (χ4v) is 13.3. The molecule has 113 heavy (non-hydrogen) atoms. The van der Waals surface area contributed by atoms with Crippen molar-refractivity contribution in [1.29, 1.82) is 0 Å². The summed E-state index contributed by atoms with van der Waals surface area (Å²) < 4.78 is 61.3. The van der Waals surface area contributed by atoms with Gasteiger partial charge in [0.05, 0.1) is 26.4 Å². The van der Waals surface area contributed by atoms with Gasteiger partial charge in [0, 0.05) is 19.3 Å². The van der Waals surface area contributed by atoms with Crippen LogP contribution < -0.4 is 0 Å². The van der Waals surface area contributed by atoms with Gasteiger partial charge in [-0.3, -0.25) is 32.5 Å². The van der Waals surface area contributed by atoms with Crippen molar-refractivity contribution in [2.45, 2.75) is 373 Å². The number of unbranched alkanes of at least 4 members (excludes halogenated alkanes) is 32. The summed E-state index contributed by atoms with van der Waals surface area (Å²) in [5.41, 5.74) is 0. The SMILES string of the molecule is CC/C=C\C/C=C\C/C=C\C/C=C\C/C=C\CCCCCCCCCCCCCCCCCCCCCC(=O)OCC(O)COP(=O)(O)OCC(O)COP(=O)(O)OCC(COC(=O)CCCCCCC/C=C\C/C=C\C/C=C\C/C=C\C/C=C\CC)OC(=O)CCCCCCC/C=C\C/C=C\C/C=C\C/C=C\CCCCC. The minimum Gasteiger partial charge on any atom is -0.463 e. The Hall–Kier alpha value is -5.09. The fraction of sp³-hybridized carbons (Fsp3) is 0.674. The van der Waals surface area contributed by atoms with Crippen molar-refractivity contribution in [2.24, 2.45) is 0 Å². The van der Waals surface area contributed by atoms with Gasteiger partial charge in [-0.05, 0) is 154 Å². The quantitative estimate of drug-likeness (QED) is 0.0146. The molecule has 0 spiro atoms. The van der Waals surface area contributed by atoms with Gasteiger partial charge >= 0.3 is 33.6 Å². The van der Waals surface area contributed by atoms with Crippen LogP contribution >= 0.6 is 15.6 Å². The van der Waals surface area contributed by atoms with E-state index in [0.29, 0.717) is 19.3 Å². The van der Waals surface area contributed by atoms with Gasteiger partial charge in [-0.2, -0.15) is 0 Å². The van der Waals surface area contributed by atoms with Gasteiger partial charge < -0.3 is 34.2 Å². The van der Waals surface area contributed by atoms with Crippen LogP contribution in [0.2, 0.25) is 0 Å². The predicted molar refractivity (Wildman–Crippen MR) is 472 cm³/mol. The van der Waals surface area contributed by atoms with E-state index in [4.69, 9.17) is 32.3 Å². The molecule has 0 aliphatic rings. The molecule has 16 nitrogen and oxygen atoms in total. The molecule has 0 aromatic rings. The minimum atomic E-state index is -4.95. The van der Waals surface area contributed by atoms with E-state index in [1.807, 2.05) is 0 Å². The average molecular weight is 1620 g/mol. The molecule has 18 heteroatoms. The van der Waals surface area contributed by atoms with Crippen molar-refractivity contribution < 1.29 is 75.8 Å². The van der Waals surface area contributed by atoms with Crippen molar-refractivity contribution in [3.63, 3.8) is 0 Å². The third-order valence-electron chi connectivity index (χ3n) is 18.4. The zero-order valence-corrected chi connectivity index (χ0v) is 72.8. The number of rotatable bonds is 83. The molecule has 0 radical (unpaired) electrons. The second-order valence-corrected chi connectivity index (χ2v) is 32.2. The number of phosphoric ester groups is 2. The lowest BCUT2D eigenvalue weighted by Crippen LogP contribution is -2.30. The smallest absolute Gasteiger partial charge is 0.463 e. The molecule has 0 bridgehead atoms. The van der Waals surface area contributed by atoms with Gasteiger partial charge in [-0.25, -0.2) is 9.13 Å². The lowest BCUT2D eigenvalue weighted by Gasteiger charge is -2.21. The molecule has 0 aromatic heterocycles. The first-order valence-electron chi connectivity index (χ1n) is 44.4. The molecule has 646 valence electrons. The van der Waals surface area contributed by atoms with Crippen LogP contribution in [-0.2, 0) is 55.8 Å². The summed E-state index contributed by atoms with van der Waals surface area (Å²) in [6.45, 7) is 2.41. The monoisotopic (exact) mass is 1620 g/mol. The molecule has 4 N–H and O–H groups in total. The second kappa shape index (κ2) is 86.3. The molecule has 0 rings (SSSR count). The highest BCUT2D eigenvalue weighted by molar-refractivity contribution is 7.47. The molecule has 0 aromatic carbocycles. The Bertz CT molecular complexity index is 2730. The summed E-state index contributed by atoms with van der Waals surface area (Å²) >= 11 is 0. The van der Waals surface area contributed by atoms with Crippen LogP contribution in [0.1, 0.15) is 355 Å². The Morgan fingerprint density at radius 1 is 0.257 bits per heavy atom. The highest BCUT2D eigenvalue weighted by atomic mass is 31.2. The first kappa shape index (κ1) is 108. The maximum atomic E-state index is 13.0. The van der Waals surface area contributed by atoms with Crippen molar-refractivity contribution in [2.75, 3.05) is 39.6 Å². The number of aliphatic hydroxyl groups is 2. The van der Waals surface area contributed by atoms with E-state index in [-0.39, 0.29) is 19.3 Å². The van der Waals surface area contributed by atoms with E-state index in [1.54, 1.807) is 0 Å². The number of carbonyl (C=O) groups excluding carboxylic acids is 3. The Kier molecular flexibility index (Phi) is 82.4. The summed E-state index contributed by atoms with van der Waals surface area (Å²) in [7, 11) is -9.82. The molecule has 0 heterocycles. The number of hydrogen-bond donors (Lipinski definition) is 4. The van der Waals surface area contributed by atoms with Crippen LogP contribution in [0.4, 0.5) is 0 Å². The molecule has 0 saturated heterocycles. The standard InChI is InChI=1S/C95H160O16P2/c1-4-7-10-13-16-19-22-25-28-31-34-37-38-39-40-41-42-43-44-45-46-47-48-49-50-53-55-57-60-63-66-69-72-75-78-81-93(98)105-84-90(96)85-107-112(101,102)108-86-91(97)87-109-113(103,104)110-89-92(111-95(100)83-80-77-74-71-68-65-62-59-56-52-36-33-30-27-24-21-18-15-12-9-6-3)88-106-94(99)82-79-76-73-70-67-64-61-58-54-51-35-32-29-26-23-20-17-14-11-8-5-2/h7-8,10-11,16-21,25-30,34-37,39-40,51-52,58-59,61-62,90-92,96-97H,4-6,9,12-15,22-24,31-33,38,41-50,53-57,60,63-89H2,1-3H3,(H,101,102)(H,103,104)/b10-7-,11-8-,19-16-,20-17-,21-18-,28-25-,29-26-,30-27-,37-34-,40-39-,51-35-,52-36-,61-58-,62-59-. The van der Waals surface area contributed by atoms with Crippen LogP contribution in [0.25, 0.3) is 0 Å². The highest BCUT2D eigenvalue weighted by Crippen LogP contribution is 2.45. The van der Waals surface area contributed by atoms with Gasteiger partial charge in [0.1, 0.15) is 25.4 Å². The minimum absolute atomic E-state index is 0.0740. The van der Waals surface area contributed by atoms with Crippen LogP contribution in [0.5, 0.6) is 0 Å². The zero-order valence-electron chi connectivity index (χ0n) is 71.0. The molecular formula is C95H160O16P2. The Morgan fingerprint density at radius 3 is 0.743 bits per heavy atom. The van der Waals surface area contributed by atoms with Gasteiger partial charge in [0.2, 0.25) is 0 Å². The number of phosphoric acid groups is 2. The van der Waals surface area contributed by atoms with Crippen molar-refractivity contribution in [3.05, 3.63) is 170 Å². The Morgan fingerprint density at radius 2 is 0.469 bits per heavy atom. The zero-order chi connectivity index (χ0) is 82.2.